The molecule has 1 N–H and O–H groups in total. The number of rotatable bonds is 2. The Bertz CT molecular complexity index is 528. The summed E-state index contributed by atoms with van der Waals surface area (Å²) in [6.45, 7) is 5.91. The molecule has 1 aliphatic heterocycles. The second-order valence-corrected chi connectivity index (χ2v) is 6.02. The third kappa shape index (κ3) is 2.81. The van der Waals surface area contributed by atoms with Crippen LogP contribution in [-0.4, -0.2) is 24.4 Å². The number of piperazine rings is 1. The summed E-state index contributed by atoms with van der Waals surface area (Å²) in [7, 11) is 0. The molecule has 102 valence electrons. The van der Waals surface area contributed by atoms with Gasteiger partial charge in [0.05, 0.1) is 5.69 Å². The molecule has 0 spiro atoms. The minimum absolute atomic E-state index is 0.0563. The molecule has 1 atom stereocenters. The van der Waals surface area contributed by atoms with Gasteiger partial charge in [0.2, 0.25) is 11.8 Å². The number of carbonyl (C=O) groups excluding carboxylic acids is 2. The molecule has 0 aromatic heterocycles. The number of benzene rings is 1. The Morgan fingerprint density at radius 1 is 1.37 bits per heavy atom. The van der Waals surface area contributed by atoms with Crippen LogP contribution in [-0.2, 0) is 9.59 Å². The highest BCUT2D eigenvalue weighted by Crippen LogP contribution is 2.29. The molecule has 0 bridgehead atoms. The SMILES string of the molecule is Cc1ccc(N2CC(=O)NC(C(C)C)C2=O)c(Br)c1. The normalized spacial score (nSPS) is 19.8. The van der Waals surface area contributed by atoms with E-state index in [0.717, 1.165) is 15.7 Å². The summed E-state index contributed by atoms with van der Waals surface area (Å²) in [6.07, 6.45) is 0. The van der Waals surface area contributed by atoms with Crippen molar-refractivity contribution in [3.8, 4) is 0 Å². The molecule has 5 heteroatoms. The number of aryl methyl sites for hydroxylation is 1. The van der Waals surface area contributed by atoms with E-state index in [1.165, 1.54) is 0 Å². The van der Waals surface area contributed by atoms with E-state index in [2.05, 4.69) is 21.2 Å². The van der Waals surface area contributed by atoms with Crippen molar-refractivity contribution in [1.29, 1.82) is 0 Å². The molecule has 4 nitrogen and oxygen atoms in total. The fraction of sp³-hybridized carbons (Fsp3) is 0.429. The lowest BCUT2D eigenvalue weighted by molar-refractivity contribution is -0.132. The molecule has 1 saturated heterocycles. The van der Waals surface area contributed by atoms with E-state index in [9.17, 15) is 9.59 Å². The monoisotopic (exact) mass is 324 g/mol. The third-order valence-electron chi connectivity index (χ3n) is 3.21. The van der Waals surface area contributed by atoms with Crippen molar-refractivity contribution in [1.82, 2.24) is 5.32 Å². The Hall–Kier alpha value is -1.36. The number of anilines is 1. The van der Waals surface area contributed by atoms with Gasteiger partial charge in [0.25, 0.3) is 0 Å². The summed E-state index contributed by atoms with van der Waals surface area (Å²) < 4.78 is 0.832. The second kappa shape index (κ2) is 5.33. The molecule has 19 heavy (non-hydrogen) atoms. The minimum atomic E-state index is -0.450. The standard InChI is InChI=1S/C14H17BrN2O2/c1-8(2)13-14(19)17(7-12(18)16-13)11-5-4-9(3)6-10(11)15/h4-6,8,13H,7H2,1-3H3,(H,16,18). The van der Waals surface area contributed by atoms with Crippen molar-refractivity contribution in [2.45, 2.75) is 26.8 Å². The topological polar surface area (TPSA) is 49.4 Å². The van der Waals surface area contributed by atoms with Gasteiger partial charge in [0.15, 0.2) is 0 Å². The van der Waals surface area contributed by atoms with Crippen molar-refractivity contribution in [2.24, 2.45) is 5.92 Å². The van der Waals surface area contributed by atoms with Crippen LogP contribution in [0.25, 0.3) is 0 Å². The average molecular weight is 325 g/mol. The maximum atomic E-state index is 12.4. The second-order valence-electron chi connectivity index (χ2n) is 5.17. The molecule has 0 aliphatic carbocycles. The molecule has 1 fully saturated rings. The van der Waals surface area contributed by atoms with Gasteiger partial charge < -0.3 is 10.2 Å². The number of hydrogen-bond donors (Lipinski definition) is 1. The highest BCUT2D eigenvalue weighted by atomic mass is 79.9. The molecule has 1 aliphatic rings. The van der Waals surface area contributed by atoms with Crippen molar-refractivity contribution in [3.63, 3.8) is 0 Å². The number of halogens is 1. The number of hydrogen-bond acceptors (Lipinski definition) is 2. The molecule has 2 amide bonds. The summed E-state index contributed by atoms with van der Waals surface area (Å²) in [5.41, 5.74) is 1.85. The zero-order chi connectivity index (χ0) is 14.2. The van der Waals surface area contributed by atoms with Crippen LogP contribution in [0.2, 0.25) is 0 Å². The van der Waals surface area contributed by atoms with E-state index < -0.39 is 6.04 Å². The van der Waals surface area contributed by atoms with Crippen LogP contribution in [0.1, 0.15) is 19.4 Å². The van der Waals surface area contributed by atoms with E-state index >= 15 is 0 Å². The molecule has 2 rings (SSSR count). The van der Waals surface area contributed by atoms with Crippen molar-refractivity contribution in [3.05, 3.63) is 28.2 Å². The van der Waals surface area contributed by atoms with E-state index in [-0.39, 0.29) is 24.3 Å². The number of nitrogens with zero attached hydrogens (tertiary/aromatic N) is 1. The van der Waals surface area contributed by atoms with Crippen LogP contribution in [0.5, 0.6) is 0 Å². The van der Waals surface area contributed by atoms with Crippen LogP contribution < -0.4 is 10.2 Å². The summed E-state index contributed by atoms with van der Waals surface area (Å²) >= 11 is 3.46. The molecule has 0 radical (unpaired) electrons. The Balaban J connectivity index is 2.37. The smallest absolute Gasteiger partial charge is 0.250 e. The summed E-state index contributed by atoms with van der Waals surface area (Å²) in [6, 6.07) is 5.30. The van der Waals surface area contributed by atoms with Crippen LogP contribution in [0.15, 0.2) is 22.7 Å². The predicted molar refractivity (Wildman–Crippen MR) is 78.0 cm³/mol. The maximum absolute atomic E-state index is 12.4. The fourth-order valence-electron chi connectivity index (χ4n) is 2.16. The van der Waals surface area contributed by atoms with Crippen molar-refractivity contribution < 1.29 is 9.59 Å². The van der Waals surface area contributed by atoms with Crippen LogP contribution in [0.3, 0.4) is 0 Å². The molecule has 1 heterocycles. The van der Waals surface area contributed by atoms with E-state index in [0.29, 0.717) is 0 Å². The average Bonchev–Trinajstić information content (AvgIpc) is 2.32. The summed E-state index contributed by atoms with van der Waals surface area (Å²) in [5, 5.41) is 2.75. The summed E-state index contributed by atoms with van der Waals surface area (Å²) in [4.78, 5) is 25.8. The van der Waals surface area contributed by atoms with E-state index in [1.54, 1.807) is 4.90 Å². The van der Waals surface area contributed by atoms with Crippen LogP contribution in [0.4, 0.5) is 5.69 Å². The van der Waals surface area contributed by atoms with Crippen LogP contribution in [0, 0.1) is 12.8 Å². The maximum Gasteiger partial charge on any atom is 0.250 e. The Morgan fingerprint density at radius 3 is 2.63 bits per heavy atom. The lowest BCUT2D eigenvalue weighted by Gasteiger charge is -2.34. The first-order valence-corrected chi connectivity index (χ1v) is 7.06. The van der Waals surface area contributed by atoms with Crippen molar-refractivity contribution >= 4 is 33.4 Å². The number of carbonyl (C=O) groups is 2. The van der Waals surface area contributed by atoms with Gasteiger partial charge in [-0.1, -0.05) is 19.9 Å². The first kappa shape index (κ1) is 14.1. The Labute approximate surface area is 121 Å². The molecule has 0 saturated carbocycles. The van der Waals surface area contributed by atoms with Gasteiger partial charge in [0, 0.05) is 4.47 Å². The van der Waals surface area contributed by atoms with Gasteiger partial charge in [-0.25, -0.2) is 0 Å². The van der Waals surface area contributed by atoms with Gasteiger partial charge in [0.1, 0.15) is 12.6 Å². The Morgan fingerprint density at radius 2 is 2.05 bits per heavy atom. The number of nitrogens with one attached hydrogen (secondary N) is 1. The lowest BCUT2D eigenvalue weighted by atomic mass is 10.00. The largest absolute Gasteiger partial charge is 0.342 e. The van der Waals surface area contributed by atoms with E-state index in [4.69, 9.17) is 0 Å². The Kier molecular flexibility index (Phi) is 3.94. The highest BCUT2D eigenvalue weighted by molar-refractivity contribution is 9.10. The summed E-state index contributed by atoms with van der Waals surface area (Å²) in [5.74, 6) is -0.103. The zero-order valence-corrected chi connectivity index (χ0v) is 12.8. The predicted octanol–water partition coefficient (Wildman–Crippen LogP) is 2.24. The first-order chi connectivity index (χ1) is 8.90. The molecule has 1 aromatic rings. The molecular formula is C14H17BrN2O2. The van der Waals surface area contributed by atoms with Gasteiger partial charge >= 0.3 is 0 Å². The van der Waals surface area contributed by atoms with Gasteiger partial charge in [-0.3, -0.25) is 9.59 Å². The van der Waals surface area contributed by atoms with Gasteiger partial charge in [-0.05, 0) is 46.5 Å². The minimum Gasteiger partial charge on any atom is -0.342 e. The van der Waals surface area contributed by atoms with Gasteiger partial charge in [-0.15, -0.1) is 0 Å². The van der Waals surface area contributed by atoms with Crippen LogP contribution >= 0.6 is 15.9 Å². The lowest BCUT2D eigenvalue weighted by Crippen LogP contribution is -2.60. The van der Waals surface area contributed by atoms with Gasteiger partial charge in [-0.2, -0.15) is 0 Å². The number of amides is 2. The quantitative estimate of drug-likeness (QED) is 0.907. The third-order valence-corrected chi connectivity index (χ3v) is 3.85. The fourth-order valence-corrected chi connectivity index (χ4v) is 2.86. The molecular weight excluding hydrogens is 308 g/mol. The highest BCUT2D eigenvalue weighted by Gasteiger charge is 2.35. The molecule has 1 unspecified atom stereocenters. The zero-order valence-electron chi connectivity index (χ0n) is 11.2. The van der Waals surface area contributed by atoms with Crippen molar-refractivity contribution in [2.75, 3.05) is 11.4 Å². The van der Waals surface area contributed by atoms with E-state index in [1.807, 2.05) is 39.0 Å². The molecule has 1 aromatic carbocycles. The first-order valence-electron chi connectivity index (χ1n) is 6.27.